The van der Waals surface area contributed by atoms with Gasteiger partial charge in [0.2, 0.25) is 0 Å². The summed E-state index contributed by atoms with van der Waals surface area (Å²) in [4.78, 5) is 28.0. The quantitative estimate of drug-likeness (QED) is 0.540. The third-order valence-electron chi connectivity index (χ3n) is 1.73. The highest BCUT2D eigenvalue weighted by atomic mass is 32.1. The van der Waals surface area contributed by atoms with E-state index in [2.05, 4.69) is 10.8 Å². The van der Waals surface area contributed by atoms with Crippen molar-refractivity contribution in [2.24, 2.45) is 0 Å². The maximum absolute atomic E-state index is 11.4. The van der Waals surface area contributed by atoms with Gasteiger partial charge in [-0.25, -0.2) is 5.48 Å². The van der Waals surface area contributed by atoms with Crippen LogP contribution >= 0.6 is 11.3 Å². The fourth-order valence-electron chi connectivity index (χ4n) is 0.948. The summed E-state index contributed by atoms with van der Waals surface area (Å²) < 4.78 is 4.73. The number of ether oxygens (including phenoxy) is 1. The van der Waals surface area contributed by atoms with Crippen LogP contribution in [0.15, 0.2) is 17.5 Å². The van der Waals surface area contributed by atoms with E-state index in [0.29, 0.717) is 11.5 Å². The van der Waals surface area contributed by atoms with Crippen LogP contribution < -0.4 is 10.8 Å². The van der Waals surface area contributed by atoms with Gasteiger partial charge < -0.3 is 10.1 Å². The van der Waals surface area contributed by atoms with E-state index >= 15 is 0 Å². The molecule has 2 N–H and O–H groups in total. The zero-order chi connectivity index (χ0) is 12.5. The molecule has 0 aliphatic heterocycles. The van der Waals surface area contributed by atoms with Gasteiger partial charge in [-0.15, -0.1) is 11.3 Å². The van der Waals surface area contributed by atoms with Gasteiger partial charge in [0.15, 0.2) is 0 Å². The lowest BCUT2D eigenvalue weighted by molar-refractivity contribution is -0.133. The molecule has 6 nitrogen and oxygen atoms in total. The SMILES string of the molecule is COCCONC(=O)CNC(=O)c1cccs1. The predicted molar refractivity (Wildman–Crippen MR) is 62.6 cm³/mol. The Kier molecular flexibility index (Phi) is 6.23. The van der Waals surface area contributed by atoms with Crippen molar-refractivity contribution in [1.29, 1.82) is 0 Å². The molecular formula is C10H14N2O4S. The number of amides is 2. The van der Waals surface area contributed by atoms with Gasteiger partial charge in [0.25, 0.3) is 11.8 Å². The van der Waals surface area contributed by atoms with Gasteiger partial charge >= 0.3 is 0 Å². The molecule has 0 aromatic carbocycles. The minimum absolute atomic E-state index is 0.121. The van der Waals surface area contributed by atoms with Crippen molar-refractivity contribution in [2.75, 3.05) is 26.9 Å². The molecule has 0 saturated heterocycles. The van der Waals surface area contributed by atoms with E-state index in [0.717, 1.165) is 0 Å². The number of carbonyl (C=O) groups excluding carboxylic acids is 2. The van der Waals surface area contributed by atoms with Gasteiger partial charge in [-0.3, -0.25) is 14.4 Å². The molecule has 0 bridgehead atoms. The van der Waals surface area contributed by atoms with E-state index in [4.69, 9.17) is 9.57 Å². The Morgan fingerprint density at radius 3 is 2.88 bits per heavy atom. The monoisotopic (exact) mass is 258 g/mol. The van der Waals surface area contributed by atoms with E-state index in [9.17, 15) is 9.59 Å². The Balaban J connectivity index is 2.13. The number of nitrogens with one attached hydrogen (secondary N) is 2. The topological polar surface area (TPSA) is 76.7 Å². The Morgan fingerprint density at radius 2 is 2.24 bits per heavy atom. The molecule has 17 heavy (non-hydrogen) atoms. The molecule has 0 spiro atoms. The molecule has 0 unspecified atom stereocenters. The first-order chi connectivity index (χ1) is 8.24. The van der Waals surface area contributed by atoms with Crippen LogP contribution in [0.1, 0.15) is 9.67 Å². The summed E-state index contributed by atoms with van der Waals surface area (Å²) in [6, 6.07) is 3.46. The summed E-state index contributed by atoms with van der Waals surface area (Å²) >= 11 is 1.32. The van der Waals surface area contributed by atoms with Crippen LogP contribution in [0.4, 0.5) is 0 Å². The normalized spacial score (nSPS) is 9.94. The molecule has 1 aromatic heterocycles. The number of rotatable bonds is 7. The minimum Gasteiger partial charge on any atom is -0.382 e. The fraction of sp³-hybridized carbons (Fsp3) is 0.400. The summed E-state index contributed by atoms with van der Waals surface area (Å²) in [5.74, 6) is -0.682. The van der Waals surface area contributed by atoms with Crippen molar-refractivity contribution < 1.29 is 19.2 Å². The van der Waals surface area contributed by atoms with Crippen molar-refractivity contribution in [3.8, 4) is 0 Å². The van der Waals surface area contributed by atoms with E-state index in [1.165, 1.54) is 18.4 Å². The van der Waals surface area contributed by atoms with Crippen molar-refractivity contribution in [3.63, 3.8) is 0 Å². The third kappa shape index (κ3) is 5.43. The van der Waals surface area contributed by atoms with Crippen molar-refractivity contribution >= 4 is 23.2 Å². The molecule has 0 fully saturated rings. The lowest BCUT2D eigenvalue weighted by Gasteiger charge is -2.06. The Bertz CT molecular complexity index is 353. The number of thiophene rings is 1. The highest BCUT2D eigenvalue weighted by molar-refractivity contribution is 7.12. The molecule has 0 radical (unpaired) electrons. The number of carbonyl (C=O) groups is 2. The van der Waals surface area contributed by atoms with Crippen LogP contribution in [-0.4, -0.2) is 38.7 Å². The Labute approximate surface area is 103 Å². The van der Waals surface area contributed by atoms with Crippen LogP contribution in [0.2, 0.25) is 0 Å². The molecule has 0 aliphatic carbocycles. The van der Waals surface area contributed by atoms with E-state index in [1.54, 1.807) is 17.5 Å². The molecule has 0 saturated carbocycles. The molecular weight excluding hydrogens is 244 g/mol. The summed E-state index contributed by atoms with van der Waals surface area (Å²) in [6.45, 7) is 0.534. The van der Waals surface area contributed by atoms with E-state index in [1.807, 2.05) is 0 Å². The molecule has 2 amide bonds. The van der Waals surface area contributed by atoms with E-state index in [-0.39, 0.29) is 19.1 Å². The largest absolute Gasteiger partial charge is 0.382 e. The van der Waals surface area contributed by atoms with Gasteiger partial charge in [0.05, 0.1) is 24.6 Å². The molecule has 1 aromatic rings. The average molecular weight is 258 g/mol. The van der Waals surface area contributed by atoms with Crippen LogP contribution in [0.5, 0.6) is 0 Å². The van der Waals surface area contributed by atoms with E-state index < -0.39 is 5.91 Å². The first-order valence-corrected chi connectivity index (χ1v) is 5.83. The third-order valence-corrected chi connectivity index (χ3v) is 2.60. The number of hydrogen-bond acceptors (Lipinski definition) is 5. The first kappa shape index (κ1) is 13.6. The second kappa shape index (κ2) is 7.77. The molecule has 0 atom stereocenters. The van der Waals surface area contributed by atoms with Crippen LogP contribution in [0.25, 0.3) is 0 Å². The summed E-state index contributed by atoms with van der Waals surface area (Å²) in [5.41, 5.74) is 2.19. The maximum atomic E-state index is 11.4. The highest BCUT2D eigenvalue weighted by Crippen LogP contribution is 2.07. The summed E-state index contributed by atoms with van der Waals surface area (Å²) in [6.07, 6.45) is 0. The number of hydroxylamine groups is 1. The van der Waals surface area contributed by atoms with Crippen molar-refractivity contribution in [3.05, 3.63) is 22.4 Å². The molecule has 0 aliphatic rings. The molecule has 94 valence electrons. The zero-order valence-electron chi connectivity index (χ0n) is 9.39. The predicted octanol–water partition coefficient (Wildman–Crippen LogP) is 0.172. The number of methoxy groups -OCH3 is 1. The van der Waals surface area contributed by atoms with Gasteiger partial charge in [0.1, 0.15) is 0 Å². The maximum Gasteiger partial charge on any atom is 0.262 e. The van der Waals surface area contributed by atoms with Gasteiger partial charge in [0, 0.05) is 7.11 Å². The first-order valence-electron chi connectivity index (χ1n) is 4.95. The second-order valence-electron chi connectivity index (χ2n) is 3.03. The fourth-order valence-corrected chi connectivity index (χ4v) is 1.59. The molecule has 1 heterocycles. The van der Waals surface area contributed by atoms with Gasteiger partial charge in [-0.05, 0) is 11.4 Å². The highest BCUT2D eigenvalue weighted by Gasteiger charge is 2.08. The minimum atomic E-state index is -0.411. The van der Waals surface area contributed by atoms with Gasteiger partial charge in [-0.1, -0.05) is 6.07 Å². The second-order valence-corrected chi connectivity index (χ2v) is 3.97. The summed E-state index contributed by atoms with van der Waals surface area (Å²) in [5, 5.41) is 4.27. The van der Waals surface area contributed by atoms with Crippen molar-refractivity contribution in [2.45, 2.75) is 0 Å². The van der Waals surface area contributed by atoms with Gasteiger partial charge in [-0.2, -0.15) is 0 Å². The van der Waals surface area contributed by atoms with Crippen molar-refractivity contribution in [1.82, 2.24) is 10.8 Å². The molecule has 1 rings (SSSR count). The Morgan fingerprint density at radius 1 is 1.41 bits per heavy atom. The lowest BCUT2D eigenvalue weighted by Crippen LogP contribution is -2.37. The molecule has 7 heteroatoms. The lowest BCUT2D eigenvalue weighted by atomic mass is 10.4. The standard InChI is InChI=1S/C10H14N2O4S/c1-15-4-5-16-12-9(13)7-11-10(14)8-3-2-6-17-8/h2-3,6H,4-5,7H2,1H3,(H,11,14)(H,12,13). The average Bonchev–Trinajstić information content (AvgIpc) is 2.85. The summed E-state index contributed by atoms with van der Waals surface area (Å²) in [7, 11) is 1.53. The Hall–Kier alpha value is -1.44. The van der Waals surface area contributed by atoms with Crippen LogP contribution in [0, 0.1) is 0 Å². The number of hydrogen-bond donors (Lipinski definition) is 2. The van der Waals surface area contributed by atoms with Crippen LogP contribution in [0.3, 0.4) is 0 Å². The zero-order valence-corrected chi connectivity index (χ0v) is 10.2. The van der Waals surface area contributed by atoms with Crippen LogP contribution in [-0.2, 0) is 14.4 Å². The smallest absolute Gasteiger partial charge is 0.262 e.